The molecule has 9 heteroatoms. The number of likely N-dealkylation sites (N-methyl/N-ethyl adjacent to an activating group) is 1. The van der Waals surface area contributed by atoms with Gasteiger partial charge < -0.3 is 24.5 Å². The fourth-order valence-electron chi connectivity index (χ4n) is 5.55. The van der Waals surface area contributed by atoms with E-state index in [0.717, 1.165) is 25.1 Å². The molecule has 1 amide bonds. The van der Waals surface area contributed by atoms with Crippen LogP contribution in [0.4, 0.5) is 10.5 Å². The summed E-state index contributed by atoms with van der Waals surface area (Å²) < 4.78 is 9.69. The van der Waals surface area contributed by atoms with E-state index in [1.54, 1.807) is 18.2 Å². The Hall–Kier alpha value is -4.63. The van der Waals surface area contributed by atoms with Crippen LogP contribution in [0.3, 0.4) is 0 Å². The maximum Gasteiger partial charge on any atom is 0.513 e. The van der Waals surface area contributed by atoms with Gasteiger partial charge in [0.1, 0.15) is 5.75 Å². The van der Waals surface area contributed by atoms with Crippen molar-refractivity contribution in [2.75, 3.05) is 27.2 Å². The minimum Gasteiger partial charge on any atom is -0.494 e. The highest BCUT2D eigenvalue weighted by Crippen LogP contribution is 2.34. The van der Waals surface area contributed by atoms with E-state index in [9.17, 15) is 14.7 Å². The molecule has 2 bridgehead atoms. The molecule has 2 aliphatic heterocycles. The van der Waals surface area contributed by atoms with E-state index in [1.165, 1.54) is 7.11 Å². The lowest BCUT2D eigenvalue weighted by Gasteiger charge is -2.32. The predicted molar refractivity (Wildman–Crippen MR) is 147 cm³/mol. The first kappa shape index (κ1) is 24.7. The molecule has 9 nitrogen and oxygen atoms in total. The zero-order valence-corrected chi connectivity index (χ0v) is 21.6. The molecule has 198 valence electrons. The molecule has 2 aliphatic rings. The number of hydrogen-bond donors (Lipinski definition) is 2. The van der Waals surface area contributed by atoms with Crippen molar-refractivity contribution in [3.05, 3.63) is 89.5 Å². The van der Waals surface area contributed by atoms with Gasteiger partial charge in [-0.2, -0.15) is 0 Å². The maximum absolute atomic E-state index is 13.2. The Balaban J connectivity index is 1.34. The number of nitrogens with one attached hydrogen (secondary N) is 1. The molecule has 0 aliphatic carbocycles. The molecule has 2 fully saturated rings. The summed E-state index contributed by atoms with van der Waals surface area (Å²) in [4.78, 5) is 36.9. The average molecular weight is 525 g/mol. The predicted octanol–water partition coefficient (Wildman–Crippen LogP) is 4.72. The number of aromatic hydroxyl groups is 1. The van der Waals surface area contributed by atoms with Gasteiger partial charge in [0.05, 0.1) is 29.6 Å². The number of aliphatic imine (C=N–C) groups is 1. The third kappa shape index (κ3) is 4.61. The van der Waals surface area contributed by atoms with Crippen molar-refractivity contribution < 1.29 is 24.2 Å². The number of aromatic amines is 1. The first-order valence-electron chi connectivity index (χ1n) is 12.8. The third-order valence-corrected chi connectivity index (χ3v) is 7.53. The number of rotatable bonds is 5. The molecular weight excluding hydrogens is 496 g/mol. The number of likely N-dealkylation sites (tertiary alicyclic amines) is 2. The minimum absolute atomic E-state index is 0.0497. The molecular formula is C30H28N4O5. The number of fused-ring (bicyclic) bond motifs is 3. The van der Waals surface area contributed by atoms with E-state index in [-0.39, 0.29) is 23.6 Å². The maximum atomic E-state index is 13.2. The summed E-state index contributed by atoms with van der Waals surface area (Å²) >= 11 is 0. The van der Waals surface area contributed by atoms with Crippen LogP contribution >= 0.6 is 0 Å². The van der Waals surface area contributed by atoms with Gasteiger partial charge in [-0.15, -0.1) is 0 Å². The van der Waals surface area contributed by atoms with Crippen LogP contribution in [0.2, 0.25) is 0 Å². The van der Waals surface area contributed by atoms with E-state index >= 15 is 0 Å². The molecule has 0 saturated carbocycles. The molecule has 2 N–H and O–H groups in total. The van der Waals surface area contributed by atoms with Crippen LogP contribution in [0.25, 0.3) is 10.9 Å². The number of ether oxygens (including phenoxy) is 2. The number of carbonyl (C=O) groups excluding carboxylic acids is 2. The van der Waals surface area contributed by atoms with E-state index < -0.39 is 6.16 Å². The van der Waals surface area contributed by atoms with Crippen molar-refractivity contribution in [1.82, 2.24) is 14.8 Å². The minimum atomic E-state index is -0.830. The van der Waals surface area contributed by atoms with Crippen LogP contribution in [-0.4, -0.2) is 77.0 Å². The summed E-state index contributed by atoms with van der Waals surface area (Å²) in [5.74, 6) is 0.260. The fourth-order valence-corrected chi connectivity index (χ4v) is 5.55. The number of amides is 1. The fraction of sp³-hybridized carbons (Fsp3) is 0.233. The summed E-state index contributed by atoms with van der Waals surface area (Å²) in [5, 5.41) is 11.7. The lowest BCUT2D eigenvalue weighted by molar-refractivity contribution is 0.0650. The number of carbonyl (C=O) groups is 2. The van der Waals surface area contributed by atoms with Crippen LogP contribution in [0.15, 0.2) is 77.8 Å². The number of benzene rings is 3. The zero-order valence-electron chi connectivity index (χ0n) is 21.6. The Morgan fingerprint density at radius 1 is 0.974 bits per heavy atom. The summed E-state index contributed by atoms with van der Waals surface area (Å²) in [6.45, 7) is 1.69. The van der Waals surface area contributed by atoms with Gasteiger partial charge in [-0.1, -0.05) is 30.3 Å². The molecule has 39 heavy (non-hydrogen) atoms. The van der Waals surface area contributed by atoms with Crippen molar-refractivity contribution in [3.63, 3.8) is 0 Å². The normalized spacial score (nSPS) is 19.0. The van der Waals surface area contributed by atoms with Gasteiger partial charge in [-0.25, -0.2) is 9.79 Å². The molecule has 2 saturated heterocycles. The zero-order chi connectivity index (χ0) is 27.1. The summed E-state index contributed by atoms with van der Waals surface area (Å²) in [6, 6.07) is 22.5. The van der Waals surface area contributed by atoms with Crippen LogP contribution < -0.4 is 4.74 Å². The quantitative estimate of drug-likeness (QED) is 0.222. The Morgan fingerprint density at radius 2 is 1.74 bits per heavy atom. The average Bonchev–Trinajstić information content (AvgIpc) is 3.63. The summed E-state index contributed by atoms with van der Waals surface area (Å²) in [7, 11) is 3.35. The van der Waals surface area contributed by atoms with Crippen molar-refractivity contribution in [2.24, 2.45) is 4.99 Å². The molecule has 3 aromatic carbocycles. The Bertz CT molecular complexity index is 1580. The van der Waals surface area contributed by atoms with Crippen LogP contribution in [0.5, 0.6) is 11.6 Å². The Labute approximate surface area is 225 Å². The number of piperazine rings is 1. The second-order valence-electron chi connectivity index (χ2n) is 9.93. The van der Waals surface area contributed by atoms with Gasteiger partial charge in [-0.3, -0.25) is 9.69 Å². The number of nitrogens with zero attached hydrogens (tertiary/aromatic N) is 3. The lowest BCUT2D eigenvalue weighted by atomic mass is 10.0. The van der Waals surface area contributed by atoms with E-state index in [4.69, 9.17) is 9.73 Å². The molecule has 1 aromatic heterocycles. The van der Waals surface area contributed by atoms with E-state index in [2.05, 4.69) is 21.7 Å². The monoisotopic (exact) mass is 524 g/mol. The number of methoxy groups -OCH3 is 1. The van der Waals surface area contributed by atoms with E-state index in [1.807, 2.05) is 59.5 Å². The second kappa shape index (κ2) is 9.92. The van der Waals surface area contributed by atoms with Gasteiger partial charge in [0.2, 0.25) is 0 Å². The topological polar surface area (TPSA) is 107 Å². The van der Waals surface area contributed by atoms with Gasteiger partial charge in [0, 0.05) is 47.8 Å². The van der Waals surface area contributed by atoms with Gasteiger partial charge in [0.25, 0.3) is 5.91 Å². The highest BCUT2D eigenvalue weighted by atomic mass is 16.7. The SMILES string of the molecule is COC(=O)Oc1ccc2c(C(=Nc3ccc(C(=O)N4CC5CC4CN5C)cc3)c3ccccc3)c(O)[nH]c2c1. The second-order valence-corrected chi connectivity index (χ2v) is 9.93. The largest absolute Gasteiger partial charge is 0.513 e. The number of aromatic nitrogens is 1. The molecule has 2 unspecified atom stereocenters. The molecule has 4 aromatic rings. The van der Waals surface area contributed by atoms with Crippen molar-refractivity contribution in [3.8, 4) is 11.6 Å². The van der Waals surface area contributed by atoms with Gasteiger partial charge in [-0.05, 0) is 49.9 Å². The van der Waals surface area contributed by atoms with Crippen LogP contribution in [0.1, 0.15) is 27.9 Å². The van der Waals surface area contributed by atoms with Crippen molar-refractivity contribution in [1.29, 1.82) is 0 Å². The molecule has 2 atom stereocenters. The summed E-state index contributed by atoms with van der Waals surface area (Å²) in [5.41, 5.74) is 3.73. The third-order valence-electron chi connectivity index (χ3n) is 7.53. The first-order valence-corrected chi connectivity index (χ1v) is 12.8. The standard InChI is InChI=1S/C30H28N4O5/c1-33-16-22-14-21(33)17-34(22)29(36)19-8-10-20(11-9-19)31-27(18-6-4-3-5-7-18)26-24-13-12-23(39-30(37)38-2)15-25(24)32-28(26)35/h3-13,15,21-22,32,35H,14,16-17H2,1-2H3. The Morgan fingerprint density at radius 3 is 2.41 bits per heavy atom. The lowest BCUT2D eigenvalue weighted by Crippen LogP contribution is -2.47. The van der Waals surface area contributed by atoms with Gasteiger partial charge >= 0.3 is 6.16 Å². The van der Waals surface area contributed by atoms with Crippen LogP contribution in [0, 0.1) is 0 Å². The highest BCUT2D eigenvalue weighted by molar-refractivity contribution is 6.22. The van der Waals surface area contributed by atoms with E-state index in [0.29, 0.717) is 39.5 Å². The van der Waals surface area contributed by atoms with Crippen molar-refractivity contribution >= 4 is 34.4 Å². The molecule has 6 rings (SSSR count). The summed E-state index contributed by atoms with van der Waals surface area (Å²) in [6.07, 6.45) is 0.207. The van der Waals surface area contributed by atoms with Crippen LogP contribution in [-0.2, 0) is 4.74 Å². The first-order chi connectivity index (χ1) is 18.9. The van der Waals surface area contributed by atoms with Crippen molar-refractivity contribution in [2.45, 2.75) is 18.5 Å². The number of H-pyrrole nitrogens is 1. The van der Waals surface area contributed by atoms with Gasteiger partial charge in [0.15, 0.2) is 5.88 Å². The smallest absolute Gasteiger partial charge is 0.494 e. The Kier molecular flexibility index (Phi) is 6.28. The molecule has 0 radical (unpaired) electrons. The highest BCUT2D eigenvalue weighted by Gasteiger charge is 2.43. The number of hydrogen-bond acceptors (Lipinski definition) is 7. The molecule has 3 heterocycles. The molecule has 0 spiro atoms.